The molecule has 1 heterocycles. The van der Waals surface area contributed by atoms with E-state index in [9.17, 15) is 5.11 Å². The number of aliphatic hydroxyl groups is 1. The van der Waals surface area contributed by atoms with Crippen LogP contribution in [0.25, 0.3) is 0 Å². The highest BCUT2D eigenvalue weighted by molar-refractivity contribution is 5.28. The molecule has 1 N–H and O–H groups in total. The van der Waals surface area contributed by atoms with Gasteiger partial charge in [0.25, 0.3) is 0 Å². The van der Waals surface area contributed by atoms with Gasteiger partial charge in [-0.1, -0.05) is 12.1 Å². The molecule has 1 aromatic rings. The van der Waals surface area contributed by atoms with Gasteiger partial charge in [-0.2, -0.15) is 0 Å². The van der Waals surface area contributed by atoms with Crippen LogP contribution in [0.3, 0.4) is 0 Å². The fraction of sp³-hybridized carbons (Fsp3) is 0.538. The smallest absolute Gasteiger partial charge is 0.124 e. The number of aliphatic hydroxyl groups excluding tert-OH is 1. The van der Waals surface area contributed by atoms with Crippen LogP contribution in [-0.4, -0.2) is 42.4 Å². The van der Waals surface area contributed by atoms with Crippen LogP contribution in [0.4, 0.5) is 0 Å². The Kier molecular flexibility index (Phi) is 3.46. The van der Waals surface area contributed by atoms with Gasteiger partial charge in [0.1, 0.15) is 11.9 Å². The maximum atomic E-state index is 9.26. The summed E-state index contributed by atoms with van der Waals surface area (Å²) in [5.74, 6) is 0.924. The van der Waals surface area contributed by atoms with E-state index in [0.29, 0.717) is 12.5 Å². The average Bonchev–Trinajstić information content (AvgIpc) is 2.18. The molecule has 3 heteroatoms. The largest absolute Gasteiger partial charge is 0.488 e. The standard InChI is InChI=1S/C13H19NO2/c1-10(15)7-11-3-5-12(6-4-11)16-13-8-14(2)9-13/h3-6,10,13,15H,7-9H2,1-2H3. The molecule has 3 nitrogen and oxygen atoms in total. The number of ether oxygens (including phenoxy) is 1. The first-order valence-corrected chi connectivity index (χ1v) is 5.75. The molecule has 1 saturated heterocycles. The second-order valence-corrected chi connectivity index (χ2v) is 4.66. The lowest BCUT2D eigenvalue weighted by Crippen LogP contribution is -2.51. The zero-order valence-electron chi connectivity index (χ0n) is 9.89. The molecule has 0 bridgehead atoms. The summed E-state index contributed by atoms with van der Waals surface area (Å²) in [4.78, 5) is 2.23. The van der Waals surface area contributed by atoms with E-state index in [1.807, 2.05) is 24.3 Å². The SMILES string of the molecule is CC(O)Cc1ccc(OC2CN(C)C2)cc1. The second kappa shape index (κ2) is 4.85. The first kappa shape index (κ1) is 11.4. The third kappa shape index (κ3) is 2.97. The quantitative estimate of drug-likeness (QED) is 0.832. The van der Waals surface area contributed by atoms with Crippen molar-refractivity contribution in [3.8, 4) is 5.75 Å². The van der Waals surface area contributed by atoms with E-state index >= 15 is 0 Å². The fourth-order valence-corrected chi connectivity index (χ4v) is 1.95. The van der Waals surface area contributed by atoms with Crippen LogP contribution < -0.4 is 4.74 Å². The number of rotatable bonds is 4. The number of hydrogen-bond acceptors (Lipinski definition) is 3. The predicted octanol–water partition coefficient (Wildman–Crippen LogP) is 1.30. The van der Waals surface area contributed by atoms with Gasteiger partial charge < -0.3 is 9.84 Å². The summed E-state index contributed by atoms with van der Waals surface area (Å²) in [5.41, 5.74) is 1.15. The zero-order chi connectivity index (χ0) is 11.5. The van der Waals surface area contributed by atoms with E-state index in [4.69, 9.17) is 4.74 Å². The van der Waals surface area contributed by atoms with Crippen molar-refractivity contribution in [2.24, 2.45) is 0 Å². The molecule has 1 aliphatic heterocycles. The molecule has 1 aliphatic rings. The van der Waals surface area contributed by atoms with Gasteiger partial charge in [-0.15, -0.1) is 0 Å². The minimum atomic E-state index is -0.285. The van der Waals surface area contributed by atoms with E-state index in [0.717, 1.165) is 24.4 Å². The molecule has 0 aromatic heterocycles. The number of likely N-dealkylation sites (N-methyl/N-ethyl adjacent to an activating group) is 1. The maximum absolute atomic E-state index is 9.26. The lowest BCUT2D eigenvalue weighted by Gasteiger charge is -2.36. The van der Waals surface area contributed by atoms with Crippen molar-refractivity contribution in [1.29, 1.82) is 0 Å². The van der Waals surface area contributed by atoms with Crippen molar-refractivity contribution in [2.45, 2.75) is 25.6 Å². The van der Waals surface area contributed by atoms with E-state index < -0.39 is 0 Å². The van der Waals surface area contributed by atoms with Crippen molar-refractivity contribution in [2.75, 3.05) is 20.1 Å². The molecule has 1 atom stereocenters. The van der Waals surface area contributed by atoms with Gasteiger partial charge in [-0.3, -0.25) is 4.90 Å². The van der Waals surface area contributed by atoms with E-state index in [1.165, 1.54) is 0 Å². The zero-order valence-corrected chi connectivity index (χ0v) is 9.89. The molecule has 0 radical (unpaired) electrons. The molecule has 2 rings (SSSR count). The topological polar surface area (TPSA) is 32.7 Å². The van der Waals surface area contributed by atoms with Crippen LogP contribution >= 0.6 is 0 Å². The van der Waals surface area contributed by atoms with Crippen LogP contribution in [0.5, 0.6) is 5.75 Å². The summed E-state index contributed by atoms with van der Waals surface area (Å²) < 4.78 is 5.78. The summed E-state index contributed by atoms with van der Waals surface area (Å²) in [7, 11) is 2.09. The van der Waals surface area contributed by atoms with Gasteiger partial charge in [0.2, 0.25) is 0 Å². The molecular formula is C13H19NO2. The first-order chi connectivity index (χ1) is 7.63. The molecule has 0 spiro atoms. The Morgan fingerprint density at radius 3 is 2.50 bits per heavy atom. The fourth-order valence-electron chi connectivity index (χ4n) is 1.95. The van der Waals surface area contributed by atoms with Crippen LogP contribution in [0, 0.1) is 0 Å². The first-order valence-electron chi connectivity index (χ1n) is 5.75. The minimum Gasteiger partial charge on any atom is -0.488 e. The Labute approximate surface area is 96.6 Å². The summed E-state index contributed by atoms with van der Waals surface area (Å²) in [6.07, 6.45) is 0.756. The van der Waals surface area contributed by atoms with Gasteiger partial charge in [-0.05, 0) is 38.1 Å². The lowest BCUT2D eigenvalue weighted by atomic mass is 10.1. The molecular weight excluding hydrogens is 202 g/mol. The molecule has 1 fully saturated rings. The predicted molar refractivity (Wildman–Crippen MR) is 63.7 cm³/mol. The van der Waals surface area contributed by atoms with Crippen molar-refractivity contribution in [3.63, 3.8) is 0 Å². The van der Waals surface area contributed by atoms with Gasteiger partial charge in [-0.25, -0.2) is 0 Å². The van der Waals surface area contributed by atoms with Crippen molar-refractivity contribution >= 4 is 0 Å². The highest BCUT2D eigenvalue weighted by Gasteiger charge is 2.24. The third-order valence-corrected chi connectivity index (χ3v) is 2.79. The molecule has 1 unspecified atom stereocenters. The van der Waals surface area contributed by atoms with Crippen molar-refractivity contribution < 1.29 is 9.84 Å². The van der Waals surface area contributed by atoms with Gasteiger partial charge in [0.15, 0.2) is 0 Å². The Morgan fingerprint density at radius 1 is 1.38 bits per heavy atom. The normalized spacial score (nSPS) is 19.2. The summed E-state index contributed by atoms with van der Waals surface area (Å²) >= 11 is 0. The Balaban J connectivity index is 1.87. The summed E-state index contributed by atoms with van der Waals surface area (Å²) in [5, 5.41) is 9.26. The molecule has 0 aliphatic carbocycles. The molecule has 88 valence electrons. The van der Waals surface area contributed by atoms with Crippen LogP contribution in [0.15, 0.2) is 24.3 Å². The monoisotopic (exact) mass is 221 g/mol. The summed E-state index contributed by atoms with van der Waals surface area (Å²) in [6, 6.07) is 8.00. The average molecular weight is 221 g/mol. The second-order valence-electron chi connectivity index (χ2n) is 4.66. The molecule has 1 aromatic carbocycles. The van der Waals surface area contributed by atoms with Crippen molar-refractivity contribution in [1.82, 2.24) is 4.90 Å². The Hall–Kier alpha value is -1.06. The third-order valence-electron chi connectivity index (χ3n) is 2.79. The van der Waals surface area contributed by atoms with E-state index in [2.05, 4.69) is 11.9 Å². The highest BCUT2D eigenvalue weighted by Crippen LogP contribution is 2.18. The van der Waals surface area contributed by atoms with E-state index in [-0.39, 0.29) is 6.10 Å². The number of likely N-dealkylation sites (tertiary alicyclic amines) is 1. The number of hydrogen-bond donors (Lipinski definition) is 1. The lowest BCUT2D eigenvalue weighted by molar-refractivity contribution is 0.0388. The van der Waals surface area contributed by atoms with Gasteiger partial charge in [0.05, 0.1) is 6.10 Å². The maximum Gasteiger partial charge on any atom is 0.124 e. The molecule has 0 amide bonds. The minimum absolute atomic E-state index is 0.285. The van der Waals surface area contributed by atoms with Crippen LogP contribution in [0.2, 0.25) is 0 Å². The number of benzene rings is 1. The molecule has 16 heavy (non-hydrogen) atoms. The van der Waals surface area contributed by atoms with Crippen LogP contribution in [-0.2, 0) is 6.42 Å². The van der Waals surface area contributed by atoms with Gasteiger partial charge in [0, 0.05) is 13.1 Å². The Bertz CT molecular complexity index is 328. The Morgan fingerprint density at radius 2 is 2.00 bits per heavy atom. The van der Waals surface area contributed by atoms with E-state index in [1.54, 1.807) is 6.92 Å². The molecule has 0 saturated carbocycles. The van der Waals surface area contributed by atoms with Gasteiger partial charge >= 0.3 is 0 Å². The van der Waals surface area contributed by atoms with Crippen molar-refractivity contribution in [3.05, 3.63) is 29.8 Å². The highest BCUT2D eigenvalue weighted by atomic mass is 16.5. The van der Waals surface area contributed by atoms with Crippen LogP contribution in [0.1, 0.15) is 12.5 Å². The number of nitrogens with zero attached hydrogens (tertiary/aromatic N) is 1. The summed E-state index contributed by atoms with van der Waals surface area (Å²) in [6.45, 7) is 3.82.